The van der Waals surface area contributed by atoms with Gasteiger partial charge in [0.15, 0.2) is 0 Å². The van der Waals surface area contributed by atoms with Gasteiger partial charge in [-0.15, -0.1) is 0 Å². The molecular formula is C28H34N2O2. The molecule has 3 aromatic rings. The van der Waals surface area contributed by atoms with Crippen molar-refractivity contribution in [2.24, 2.45) is 0 Å². The van der Waals surface area contributed by atoms with Crippen molar-refractivity contribution in [3.63, 3.8) is 0 Å². The molecule has 1 unspecified atom stereocenters. The third-order valence-electron chi connectivity index (χ3n) is 7.51. The van der Waals surface area contributed by atoms with Gasteiger partial charge in [-0.25, -0.2) is 4.79 Å². The van der Waals surface area contributed by atoms with Crippen LogP contribution >= 0.6 is 0 Å². The Morgan fingerprint density at radius 3 is 2.62 bits per heavy atom. The van der Waals surface area contributed by atoms with E-state index in [2.05, 4.69) is 54.5 Å². The molecule has 0 radical (unpaired) electrons. The molecule has 0 aliphatic carbocycles. The fraction of sp³-hybridized carbons (Fsp3) is 0.464. The molecule has 4 nitrogen and oxygen atoms in total. The normalized spacial score (nSPS) is 17.4. The van der Waals surface area contributed by atoms with Crippen molar-refractivity contribution in [1.29, 1.82) is 0 Å². The summed E-state index contributed by atoms with van der Waals surface area (Å²) >= 11 is 0. The van der Waals surface area contributed by atoms with Gasteiger partial charge < -0.3 is 14.6 Å². The Kier molecular flexibility index (Phi) is 5.48. The van der Waals surface area contributed by atoms with Crippen LogP contribution in [0.2, 0.25) is 0 Å². The van der Waals surface area contributed by atoms with E-state index in [9.17, 15) is 9.90 Å². The maximum absolute atomic E-state index is 11.8. The molecule has 0 amide bonds. The molecule has 1 atom stereocenters. The number of benzene rings is 2. The van der Waals surface area contributed by atoms with Crippen LogP contribution in [0.4, 0.5) is 5.69 Å². The van der Waals surface area contributed by atoms with Crippen LogP contribution in [0, 0.1) is 0 Å². The Morgan fingerprint density at radius 1 is 1.12 bits per heavy atom. The molecule has 2 aliphatic rings. The monoisotopic (exact) mass is 430 g/mol. The molecule has 32 heavy (non-hydrogen) atoms. The van der Waals surface area contributed by atoms with Crippen LogP contribution in [-0.2, 0) is 6.54 Å². The molecule has 2 aromatic carbocycles. The molecule has 0 fully saturated rings. The number of aromatic nitrogens is 1. The number of aryl methyl sites for hydroxylation is 1. The van der Waals surface area contributed by atoms with Gasteiger partial charge in [-0.3, -0.25) is 0 Å². The number of carbonyl (C=O) groups is 1. The molecule has 2 aliphatic heterocycles. The number of rotatable bonds is 6. The van der Waals surface area contributed by atoms with Crippen LogP contribution < -0.4 is 4.90 Å². The maximum atomic E-state index is 11.8. The highest BCUT2D eigenvalue weighted by Crippen LogP contribution is 2.49. The lowest BCUT2D eigenvalue weighted by Gasteiger charge is -2.28. The second kappa shape index (κ2) is 8.31. The zero-order valence-electron chi connectivity index (χ0n) is 19.5. The maximum Gasteiger partial charge on any atom is 0.335 e. The van der Waals surface area contributed by atoms with Crippen LogP contribution in [0.25, 0.3) is 22.2 Å². The molecule has 4 heteroatoms. The minimum Gasteiger partial charge on any atom is -0.478 e. The molecule has 5 rings (SSSR count). The Balaban J connectivity index is 1.87. The molecule has 1 N–H and O–H groups in total. The zero-order chi connectivity index (χ0) is 22.4. The zero-order valence-corrected chi connectivity index (χ0v) is 19.5. The van der Waals surface area contributed by atoms with Gasteiger partial charge in [0.2, 0.25) is 0 Å². The summed E-state index contributed by atoms with van der Waals surface area (Å²) in [7, 11) is 0. The van der Waals surface area contributed by atoms with Crippen molar-refractivity contribution in [1.82, 2.24) is 4.57 Å². The first-order valence-corrected chi connectivity index (χ1v) is 12.3. The summed E-state index contributed by atoms with van der Waals surface area (Å²) in [6, 6.07) is 12.6. The highest BCUT2D eigenvalue weighted by molar-refractivity contribution is 6.00. The van der Waals surface area contributed by atoms with Crippen molar-refractivity contribution in [3.8, 4) is 11.3 Å². The Hall–Kier alpha value is -2.75. The summed E-state index contributed by atoms with van der Waals surface area (Å²) in [4.78, 5) is 14.4. The van der Waals surface area contributed by atoms with Crippen LogP contribution in [0.5, 0.6) is 0 Å². The fourth-order valence-corrected chi connectivity index (χ4v) is 6.22. The van der Waals surface area contributed by atoms with E-state index >= 15 is 0 Å². The van der Waals surface area contributed by atoms with E-state index in [1.807, 2.05) is 6.07 Å². The van der Waals surface area contributed by atoms with E-state index in [0.717, 1.165) is 57.3 Å². The van der Waals surface area contributed by atoms with E-state index in [0.29, 0.717) is 17.4 Å². The van der Waals surface area contributed by atoms with Gasteiger partial charge in [-0.05, 0) is 48.4 Å². The number of carboxylic acids is 1. The van der Waals surface area contributed by atoms with Crippen LogP contribution in [0.15, 0.2) is 36.4 Å². The fourth-order valence-electron chi connectivity index (χ4n) is 6.22. The van der Waals surface area contributed by atoms with Gasteiger partial charge in [0.1, 0.15) is 0 Å². The number of hydrogen-bond acceptors (Lipinski definition) is 2. The molecule has 168 valence electrons. The number of hydrogen-bond donors (Lipinski definition) is 1. The van der Waals surface area contributed by atoms with Gasteiger partial charge >= 0.3 is 5.97 Å². The summed E-state index contributed by atoms with van der Waals surface area (Å²) in [5, 5.41) is 10.9. The van der Waals surface area contributed by atoms with Gasteiger partial charge in [0, 0.05) is 47.7 Å². The van der Waals surface area contributed by atoms with E-state index in [1.165, 1.54) is 33.5 Å². The summed E-state index contributed by atoms with van der Waals surface area (Å²) in [5.74, 6) is 0.182. The SMILES string of the molecule is CCCC(CCC)c1c2n(c3cc(C(=O)O)ccc13)CCCN1CC(C)c3cccc-2c31. The lowest BCUT2D eigenvalue weighted by Crippen LogP contribution is -2.26. The Labute approximate surface area is 190 Å². The summed E-state index contributed by atoms with van der Waals surface area (Å²) in [6.07, 6.45) is 5.70. The average molecular weight is 431 g/mol. The van der Waals surface area contributed by atoms with Crippen LogP contribution in [0.3, 0.4) is 0 Å². The minimum atomic E-state index is -0.853. The molecular weight excluding hydrogens is 396 g/mol. The minimum absolute atomic E-state index is 0.377. The first-order chi connectivity index (χ1) is 15.5. The van der Waals surface area contributed by atoms with Crippen LogP contribution in [0.1, 0.15) is 86.2 Å². The van der Waals surface area contributed by atoms with Crippen molar-refractivity contribution >= 4 is 22.6 Å². The number of para-hydroxylation sites is 1. The number of carboxylic acid groups (broad SMARTS) is 1. The second-order valence-electron chi connectivity index (χ2n) is 9.67. The highest BCUT2D eigenvalue weighted by atomic mass is 16.4. The van der Waals surface area contributed by atoms with E-state index < -0.39 is 5.97 Å². The standard InChI is InChI=1S/C28H34N2O2/c1-4-8-19(9-5-2)25-22-13-12-20(28(31)32)16-24(22)30-15-7-14-29-17-18(3)21-10-6-11-23(26(21)29)27(25)30/h6,10-13,16,18-19H,4-5,7-9,14-15,17H2,1-3H3,(H,31,32). The van der Waals surface area contributed by atoms with Gasteiger partial charge in [-0.2, -0.15) is 0 Å². The third kappa shape index (κ3) is 3.23. The molecule has 3 heterocycles. The predicted octanol–water partition coefficient (Wildman–Crippen LogP) is 7.02. The molecule has 1 aromatic heterocycles. The summed E-state index contributed by atoms with van der Waals surface area (Å²) in [6.45, 7) is 9.96. The number of fused-ring (bicyclic) bond motifs is 4. The molecule has 0 bridgehead atoms. The average Bonchev–Trinajstić information content (AvgIpc) is 3.26. The van der Waals surface area contributed by atoms with Crippen LogP contribution in [-0.4, -0.2) is 28.7 Å². The van der Waals surface area contributed by atoms with Crippen molar-refractivity contribution in [3.05, 3.63) is 53.1 Å². The van der Waals surface area contributed by atoms with Crippen molar-refractivity contribution in [2.75, 3.05) is 18.0 Å². The Bertz CT molecular complexity index is 1170. The van der Waals surface area contributed by atoms with E-state index in [4.69, 9.17) is 0 Å². The number of anilines is 1. The van der Waals surface area contributed by atoms with Crippen molar-refractivity contribution in [2.45, 2.75) is 71.3 Å². The molecule has 0 spiro atoms. The van der Waals surface area contributed by atoms with Gasteiger partial charge in [0.25, 0.3) is 0 Å². The number of aromatic carboxylic acids is 1. The second-order valence-corrected chi connectivity index (χ2v) is 9.67. The lowest BCUT2D eigenvalue weighted by atomic mass is 9.85. The summed E-state index contributed by atoms with van der Waals surface area (Å²) < 4.78 is 2.45. The smallest absolute Gasteiger partial charge is 0.335 e. The molecule has 0 saturated carbocycles. The first kappa shape index (κ1) is 21.1. The van der Waals surface area contributed by atoms with E-state index in [1.54, 1.807) is 6.07 Å². The number of nitrogens with zero attached hydrogens (tertiary/aromatic N) is 2. The van der Waals surface area contributed by atoms with E-state index in [-0.39, 0.29) is 0 Å². The predicted molar refractivity (Wildman–Crippen MR) is 132 cm³/mol. The Morgan fingerprint density at radius 2 is 1.91 bits per heavy atom. The first-order valence-electron chi connectivity index (χ1n) is 12.3. The third-order valence-corrected chi connectivity index (χ3v) is 7.51. The summed E-state index contributed by atoms with van der Waals surface area (Å²) in [5.41, 5.74) is 8.45. The van der Waals surface area contributed by atoms with Gasteiger partial charge in [-0.1, -0.05) is 57.9 Å². The largest absolute Gasteiger partial charge is 0.478 e. The van der Waals surface area contributed by atoms with Gasteiger partial charge in [0.05, 0.1) is 11.3 Å². The lowest BCUT2D eigenvalue weighted by molar-refractivity contribution is 0.0697. The van der Waals surface area contributed by atoms with Crippen molar-refractivity contribution < 1.29 is 9.90 Å². The quantitative estimate of drug-likeness (QED) is 0.457. The molecule has 0 saturated heterocycles. The topological polar surface area (TPSA) is 45.5 Å². The highest BCUT2D eigenvalue weighted by Gasteiger charge is 2.33.